The van der Waals surface area contributed by atoms with Crippen LogP contribution in [0.2, 0.25) is 0 Å². The van der Waals surface area contributed by atoms with Crippen LogP contribution in [0.25, 0.3) is 0 Å². The molecule has 0 fully saturated rings. The van der Waals surface area contributed by atoms with Gasteiger partial charge in [-0.3, -0.25) is 0 Å². The molecule has 0 aromatic carbocycles. The molecule has 0 bridgehead atoms. The van der Waals surface area contributed by atoms with E-state index in [4.69, 9.17) is 4.74 Å². The van der Waals surface area contributed by atoms with Gasteiger partial charge in [-0.15, -0.1) is 0 Å². The van der Waals surface area contributed by atoms with Gasteiger partial charge in [0.1, 0.15) is 0 Å². The Morgan fingerprint density at radius 1 is 1.60 bits per heavy atom. The summed E-state index contributed by atoms with van der Waals surface area (Å²) in [7, 11) is 0. The van der Waals surface area contributed by atoms with Crippen molar-refractivity contribution in [2.24, 2.45) is 5.92 Å². The summed E-state index contributed by atoms with van der Waals surface area (Å²) >= 11 is 0. The second-order valence-electron chi connectivity index (χ2n) is 3.56. The average Bonchev–Trinajstić information content (AvgIpc) is 2.27. The summed E-state index contributed by atoms with van der Waals surface area (Å²) in [6.45, 7) is 11.4. The van der Waals surface area contributed by atoms with Crippen LogP contribution in [0.1, 0.15) is 12.8 Å². The van der Waals surface area contributed by atoms with E-state index in [2.05, 4.69) is 25.8 Å². The normalized spacial score (nSPS) is 20.4. The van der Waals surface area contributed by atoms with E-state index >= 15 is 0 Å². The minimum Gasteiger partial charge on any atom is -0.462 e. The Labute approximate surface area is 90.6 Å². The van der Waals surface area contributed by atoms with Crippen molar-refractivity contribution in [3.05, 3.63) is 49.1 Å². The van der Waals surface area contributed by atoms with Crippen molar-refractivity contribution in [1.29, 1.82) is 0 Å². The van der Waals surface area contributed by atoms with Gasteiger partial charge in [0.25, 0.3) is 0 Å². The molecule has 80 valence electrons. The number of carbonyl (C=O) groups is 1. The summed E-state index contributed by atoms with van der Waals surface area (Å²) in [6, 6.07) is 0. The number of allylic oxidation sites excluding steroid dienone is 3. The summed E-state index contributed by atoms with van der Waals surface area (Å²) in [5.41, 5.74) is 2.18. The van der Waals surface area contributed by atoms with E-state index in [-0.39, 0.29) is 11.9 Å². The lowest BCUT2D eigenvalue weighted by molar-refractivity contribution is -0.138. The van der Waals surface area contributed by atoms with Crippen molar-refractivity contribution in [3.63, 3.8) is 0 Å². The molecule has 2 nitrogen and oxygen atoms in total. The topological polar surface area (TPSA) is 26.3 Å². The monoisotopic (exact) mass is 204 g/mol. The predicted molar refractivity (Wildman–Crippen MR) is 61.3 cm³/mol. The molecule has 0 saturated heterocycles. The third kappa shape index (κ3) is 3.24. The Balaban J connectivity index is 2.54. The van der Waals surface area contributed by atoms with Gasteiger partial charge in [0.05, 0.1) is 6.61 Å². The number of hydrogen-bond donors (Lipinski definition) is 0. The van der Waals surface area contributed by atoms with Crippen molar-refractivity contribution in [3.8, 4) is 0 Å². The molecule has 2 heteroatoms. The Morgan fingerprint density at radius 2 is 2.33 bits per heavy atom. The summed E-state index contributed by atoms with van der Waals surface area (Å²) in [4.78, 5) is 10.9. The molecular weight excluding hydrogens is 188 g/mol. The molecule has 0 radical (unpaired) electrons. The lowest BCUT2D eigenvalue weighted by atomic mass is 9.88. The predicted octanol–water partition coefficient (Wildman–Crippen LogP) is 2.79. The largest absolute Gasteiger partial charge is 0.462 e. The molecule has 1 rings (SSSR count). The van der Waals surface area contributed by atoms with Crippen LogP contribution >= 0.6 is 0 Å². The zero-order valence-corrected chi connectivity index (χ0v) is 8.87. The Hall–Kier alpha value is -1.57. The molecule has 1 aliphatic carbocycles. The lowest BCUT2D eigenvalue weighted by Gasteiger charge is -2.20. The number of carbonyl (C=O) groups excluding carboxylic acids is 1. The van der Waals surface area contributed by atoms with Crippen LogP contribution < -0.4 is 0 Å². The van der Waals surface area contributed by atoms with Crippen LogP contribution in [-0.4, -0.2) is 12.6 Å². The molecule has 0 aromatic rings. The molecule has 0 heterocycles. The minimum absolute atomic E-state index is 0.271. The van der Waals surface area contributed by atoms with Gasteiger partial charge in [-0.2, -0.15) is 0 Å². The maximum Gasteiger partial charge on any atom is 0.330 e. The second-order valence-corrected chi connectivity index (χ2v) is 3.56. The first kappa shape index (κ1) is 11.5. The highest BCUT2D eigenvalue weighted by atomic mass is 16.5. The van der Waals surface area contributed by atoms with E-state index in [0.717, 1.165) is 24.0 Å². The molecule has 0 N–H and O–H groups in total. The van der Waals surface area contributed by atoms with Gasteiger partial charge in [-0.1, -0.05) is 31.9 Å². The summed E-state index contributed by atoms with van der Waals surface area (Å²) < 4.78 is 4.99. The van der Waals surface area contributed by atoms with Gasteiger partial charge >= 0.3 is 5.97 Å². The van der Waals surface area contributed by atoms with Crippen molar-refractivity contribution in [1.82, 2.24) is 0 Å². The highest BCUT2D eigenvalue weighted by Gasteiger charge is 2.15. The maximum atomic E-state index is 10.9. The van der Waals surface area contributed by atoms with Gasteiger partial charge in [-0.25, -0.2) is 4.79 Å². The first-order valence-electron chi connectivity index (χ1n) is 4.99. The zero-order valence-electron chi connectivity index (χ0n) is 8.87. The molecule has 0 aromatic heterocycles. The summed E-state index contributed by atoms with van der Waals surface area (Å²) in [5.74, 6) is -0.0969. The molecular formula is C13H16O2. The van der Waals surface area contributed by atoms with E-state index in [1.54, 1.807) is 6.08 Å². The summed E-state index contributed by atoms with van der Waals surface area (Å²) in [6.07, 6.45) is 6.95. The maximum absolute atomic E-state index is 10.9. The van der Waals surface area contributed by atoms with Crippen LogP contribution in [0.3, 0.4) is 0 Å². The van der Waals surface area contributed by atoms with E-state index < -0.39 is 0 Å². The highest BCUT2D eigenvalue weighted by Crippen LogP contribution is 2.27. The van der Waals surface area contributed by atoms with Gasteiger partial charge < -0.3 is 4.74 Å². The van der Waals surface area contributed by atoms with Gasteiger partial charge in [0.2, 0.25) is 0 Å². The third-order valence-electron chi connectivity index (χ3n) is 2.47. The Kier molecular flexibility index (Phi) is 4.10. The fourth-order valence-electron chi connectivity index (χ4n) is 1.55. The number of esters is 1. The van der Waals surface area contributed by atoms with Crippen LogP contribution in [0, 0.1) is 5.92 Å². The van der Waals surface area contributed by atoms with Crippen LogP contribution in [0.5, 0.6) is 0 Å². The van der Waals surface area contributed by atoms with Crippen molar-refractivity contribution in [2.45, 2.75) is 12.8 Å². The molecule has 1 aliphatic rings. The van der Waals surface area contributed by atoms with Crippen molar-refractivity contribution in [2.75, 3.05) is 6.61 Å². The quantitative estimate of drug-likeness (QED) is 0.520. The molecule has 0 saturated carbocycles. The number of ether oxygens (including phenoxy) is 1. The van der Waals surface area contributed by atoms with Gasteiger partial charge in [0.15, 0.2) is 0 Å². The Bertz CT molecular complexity index is 323. The van der Waals surface area contributed by atoms with Crippen LogP contribution in [-0.2, 0) is 9.53 Å². The minimum atomic E-state index is -0.368. The SMILES string of the molecule is C=CC(=O)OCC1C=C(C=C)C(=C)CC1. The van der Waals surface area contributed by atoms with Crippen LogP contribution in [0.4, 0.5) is 0 Å². The average molecular weight is 204 g/mol. The smallest absolute Gasteiger partial charge is 0.330 e. The molecule has 1 atom stereocenters. The second kappa shape index (κ2) is 5.35. The van der Waals surface area contributed by atoms with Crippen molar-refractivity contribution < 1.29 is 9.53 Å². The van der Waals surface area contributed by atoms with Gasteiger partial charge in [0, 0.05) is 12.0 Å². The van der Waals surface area contributed by atoms with Crippen molar-refractivity contribution >= 4 is 5.97 Å². The Morgan fingerprint density at radius 3 is 2.93 bits per heavy atom. The van der Waals surface area contributed by atoms with Gasteiger partial charge in [-0.05, 0) is 24.0 Å². The zero-order chi connectivity index (χ0) is 11.3. The van der Waals surface area contributed by atoms with E-state index in [1.807, 2.05) is 0 Å². The molecule has 0 amide bonds. The molecule has 0 aliphatic heterocycles. The molecule has 15 heavy (non-hydrogen) atoms. The third-order valence-corrected chi connectivity index (χ3v) is 2.47. The molecule has 1 unspecified atom stereocenters. The van der Waals surface area contributed by atoms with E-state index in [0.29, 0.717) is 6.61 Å². The fourth-order valence-corrected chi connectivity index (χ4v) is 1.55. The first-order valence-corrected chi connectivity index (χ1v) is 4.99. The van der Waals surface area contributed by atoms with E-state index in [1.165, 1.54) is 6.08 Å². The standard InChI is InChI=1S/C13H16O2/c1-4-12-8-11(7-6-10(12)3)9-15-13(14)5-2/h4-5,8,11H,1-3,6-7,9H2. The lowest BCUT2D eigenvalue weighted by Crippen LogP contribution is -2.14. The number of hydrogen-bond acceptors (Lipinski definition) is 2. The van der Waals surface area contributed by atoms with Crippen LogP contribution in [0.15, 0.2) is 49.1 Å². The first-order chi connectivity index (χ1) is 7.17. The number of rotatable bonds is 4. The summed E-state index contributed by atoms with van der Waals surface area (Å²) in [5, 5.41) is 0. The highest BCUT2D eigenvalue weighted by molar-refractivity contribution is 5.81. The van der Waals surface area contributed by atoms with E-state index in [9.17, 15) is 4.79 Å². The molecule has 0 spiro atoms. The fraction of sp³-hybridized carbons (Fsp3) is 0.308.